The Kier molecular flexibility index (Phi) is 4.83. The van der Waals surface area contributed by atoms with Gasteiger partial charge in [-0.3, -0.25) is 0 Å². The zero-order valence-corrected chi connectivity index (χ0v) is 10.7. The van der Waals surface area contributed by atoms with Gasteiger partial charge in [0.05, 0.1) is 12.3 Å². The molecule has 0 fully saturated rings. The van der Waals surface area contributed by atoms with Gasteiger partial charge in [-0.1, -0.05) is 18.2 Å². The summed E-state index contributed by atoms with van der Waals surface area (Å²) in [6.45, 7) is 0.932. The maximum atomic E-state index is 10.3. The molecule has 0 bridgehead atoms. The maximum absolute atomic E-state index is 10.3. The third kappa shape index (κ3) is 3.49. The minimum atomic E-state index is -0.832. The van der Waals surface area contributed by atoms with Crippen molar-refractivity contribution in [3.05, 3.63) is 54.1 Å². The predicted molar refractivity (Wildman–Crippen MR) is 69.9 cm³/mol. The van der Waals surface area contributed by atoms with Crippen molar-refractivity contribution in [1.82, 2.24) is 9.97 Å². The average molecular weight is 260 g/mol. The Labute approximate surface area is 111 Å². The first kappa shape index (κ1) is 13.5. The van der Waals surface area contributed by atoms with Crippen LogP contribution in [-0.4, -0.2) is 35.4 Å². The number of aliphatic hydroxyl groups is 1. The summed E-state index contributed by atoms with van der Waals surface area (Å²) in [4.78, 5) is 7.89. The molecule has 0 amide bonds. The third-order valence-electron chi connectivity index (χ3n) is 2.64. The van der Waals surface area contributed by atoms with Crippen molar-refractivity contribution >= 4 is 0 Å². The lowest BCUT2D eigenvalue weighted by molar-refractivity contribution is 0.142. The number of aliphatic hydroxyl groups excluding tert-OH is 1. The normalized spacial score (nSPS) is 12.1. The van der Waals surface area contributed by atoms with Gasteiger partial charge >= 0.3 is 0 Å². The van der Waals surface area contributed by atoms with E-state index in [4.69, 9.17) is 9.47 Å². The van der Waals surface area contributed by atoms with Crippen LogP contribution < -0.4 is 4.74 Å². The van der Waals surface area contributed by atoms with Crippen LogP contribution in [0.2, 0.25) is 0 Å². The fourth-order valence-corrected chi connectivity index (χ4v) is 1.69. The number of benzene rings is 1. The number of rotatable bonds is 6. The van der Waals surface area contributed by atoms with Gasteiger partial charge in [-0.25, -0.2) is 9.97 Å². The molecule has 1 heterocycles. The first-order valence-corrected chi connectivity index (χ1v) is 5.97. The highest BCUT2D eigenvalue weighted by Gasteiger charge is 2.16. The topological polar surface area (TPSA) is 64.5 Å². The van der Waals surface area contributed by atoms with Crippen molar-refractivity contribution in [2.24, 2.45) is 0 Å². The minimum absolute atomic E-state index is 0.435. The van der Waals surface area contributed by atoms with E-state index in [1.54, 1.807) is 19.4 Å². The standard InChI is InChI=1S/C14H16N2O3/c1-18-8-9-19-13-5-3-2-4-11(13)14(17)12-6-7-15-10-16-12/h2-7,10,14,17H,8-9H2,1H3. The van der Waals surface area contributed by atoms with E-state index in [0.29, 0.717) is 30.2 Å². The number of hydrogen-bond donors (Lipinski definition) is 1. The number of methoxy groups -OCH3 is 1. The molecule has 0 aliphatic rings. The average Bonchev–Trinajstić information content (AvgIpc) is 2.48. The molecule has 1 aromatic carbocycles. The number of nitrogens with zero attached hydrogens (tertiary/aromatic N) is 2. The number of ether oxygens (including phenoxy) is 2. The zero-order chi connectivity index (χ0) is 13.5. The largest absolute Gasteiger partial charge is 0.491 e. The zero-order valence-electron chi connectivity index (χ0n) is 10.7. The smallest absolute Gasteiger partial charge is 0.125 e. The number of hydrogen-bond acceptors (Lipinski definition) is 5. The Morgan fingerprint density at radius 3 is 2.79 bits per heavy atom. The van der Waals surface area contributed by atoms with Gasteiger partial charge in [0.15, 0.2) is 0 Å². The number of aromatic nitrogens is 2. The van der Waals surface area contributed by atoms with Crippen molar-refractivity contribution in [2.75, 3.05) is 20.3 Å². The predicted octanol–water partition coefficient (Wildman–Crippen LogP) is 1.58. The van der Waals surface area contributed by atoms with Crippen molar-refractivity contribution in [3.8, 4) is 5.75 Å². The Bertz CT molecular complexity index is 505. The quantitative estimate of drug-likeness (QED) is 0.799. The van der Waals surface area contributed by atoms with Crippen LogP contribution in [-0.2, 0) is 4.74 Å². The molecule has 1 N–H and O–H groups in total. The van der Waals surface area contributed by atoms with E-state index in [2.05, 4.69) is 9.97 Å². The number of para-hydroxylation sites is 1. The molecule has 1 aromatic heterocycles. The molecule has 100 valence electrons. The minimum Gasteiger partial charge on any atom is -0.491 e. The summed E-state index contributed by atoms with van der Waals surface area (Å²) in [6, 6.07) is 9.02. The van der Waals surface area contributed by atoms with Crippen molar-refractivity contribution in [1.29, 1.82) is 0 Å². The van der Waals surface area contributed by atoms with Crippen LogP contribution >= 0.6 is 0 Å². The van der Waals surface area contributed by atoms with Crippen molar-refractivity contribution in [3.63, 3.8) is 0 Å². The molecule has 1 unspecified atom stereocenters. The van der Waals surface area contributed by atoms with Gasteiger partial charge in [-0.05, 0) is 12.1 Å². The van der Waals surface area contributed by atoms with Crippen LogP contribution in [0.15, 0.2) is 42.9 Å². The summed E-state index contributed by atoms with van der Waals surface area (Å²) in [5, 5.41) is 10.3. The first-order valence-electron chi connectivity index (χ1n) is 5.97. The van der Waals surface area contributed by atoms with Gasteiger partial charge in [0.2, 0.25) is 0 Å². The molecule has 0 saturated heterocycles. The fourth-order valence-electron chi connectivity index (χ4n) is 1.69. The lowest BCUT2D eigenvalue weighted by Crippen LogP contribution is -2.09. The van der Waals surface area contributed by atoms with E-state index in [0.717, 1.165) is 0 Å². The highest BCUT2D eigenvalue weighted by Crippen LogP contribution is 2.28. The lowest BCUT2D eigenvalue weighted by Gasteiger charge is -2.15. The van der Waals surface area contributed by atoms with Crippen molar-refractivity contribution < 1.29 is 14.6 Å². The molecule has 5 heteroatoms. The molecule has 2 rings (SSSR count). The van der Waals surface area contributed by atoms with Gasteiger partial charge in [0, 0.05) is 18.9 Å². The van der Waals surface area contributed by atoms with Crippen molar-refractivity contribution in [2.45, 2.75) is 6.10 Å². The second kappa shape index (κ2) is 6.82. The Balaban J connectivity index is 2.19. The van der Waals surface area contributed by atoms with Crippen LogP contribution in [0.5, 0.6) is 5.75 Å². The van der Waals surface area contributed by atoms with E-state index in [-0.39, 0.29) is 0 Å². The van der Waals surface area contributed by atoms with Crippen LogP contribution in [0.3, 0.4) is 0 Å². The Morgan fingerprint density at radius 2 is 2.05 bits per heavy atom. The molecule has 0 saturated carbocycles. The summed E-state index contributed by atoms with van der Waals surface area (Å²) >= 11 is 0. The van der Waals surface area contributed by atoms with E-state index in [1.165, 1.54) is 6.33 Å². The molecular weight excluding hydrogens is 244 g/mol. The van der Waals surface area contributed by atoms with Gasteiger partial charge < -0.3 is 14.6 Å². The molecule has 5 nitrogen and oxygen atoms in total. The summed E-state index contributed by atoms with van der Waals surface area (Å²) in [5.74, 6) is 0.630. The maximum Gasteiger partial charge on any atom is 0.125 e. The summed E-state index contributed by atoms with van der Waals surface area (Å²) in [5.41, 5.74) is 1.22. The molecule has 0 radical (unpaired) electrons. The van der Waals surface area contributed by atoms with Gasteiger partial charge in [0.25, 0.3) is 0 Å². The van der Waals surface area contributed by atoms with Crippen LogP contribution in [0, 0.1) is 0 Å². The molecule has 1 atom stereocenters. The van der Waals surface area contributed by atoms with Crippen LogP contribution in [0.1, 0.15) is 17.4 Å². The van der Waals surface area contributed by atoms with E-state index < -0.39 is 6.10 Å². The lowest BCUT2D eigenvalue weighted by atomic mass is 10.1. The Hall–Kier alpha value is -1.98. The summed E-state index contributed by atoms with van der Waals surface area (Å²) in [7, 11) is 1.62. The molecule has 0 aliphatic carbocycles. The van der Waals surface area contributed by atoms with E-state index in [1.807, 2.05) is 24.3 Å². The molecule has 19 heavy (non-hydrogen) atoms. The summed E-state index contributed by atoms with van der Waals surface area (Å²) < 4.78 is 10.5. The van der Waals surface area contributed by atoms with Gasteiger partial charge in [-0.2, -0.15) is 0 Å². The highest BCUT2D eigenvalue weighted by atomic mass is 16.5. The SMILES string of the molecule is COCCOc1ccccc1C(O)c1ccncn1. The van der Waals surface area contributed by atoms with Crippen LogP contribution in [0.25, 0.3) is 0 Å². The second-order valence-electron chi connectivity index (χ2n) is 3.92. The van der Waals surface area contributed by atoms with Gasteiger partial charge in [-0.15, -0.1) is 0 Å². The highest BCUT2D eigenvalue weighted by molar-refractivity contribution is 5.38. The first-order chi connectivity index (χ1) is 9.33. The monoisotopic (exact) mass is 260 g/mol. The molecular formula is C14H16N2O3. The Morgan fingerprint density at radius 1 is 1.21 bits per heavy atom. The third-order valence-corrected chi connectivity index (χ3v) is 2.64. The van der Waals surface area contributed by atoms with Gasteiger partial charge in [0.1, 0.15) is 24.8 Å². The molecule has 0 aliphatic heterocycles. The van der Waals surface area contributed by atoms with E-state index in [9.17, 15) is 5.11 Å². The molecule has 0 spiro atoms. The fraction of sp³-hybridized carbons (Fsp3) is 0.286. The van der Waals surface area contributed by atoms with E-state index >= 15 is 0 Å². The molecule has 2 aromatic rings. The summed E-state index contributed by atoms with van der Waals surface area (Å²) in [6.07, 6.45) is 2.18. The van der Waals surface area contributed by atoms with Crippen LogP contribution in [0.4, 0.5) is 0 Å². The second-order valence-corrected chi connectivity index (χ2v) is 3.92.